The largest absolute Gasteiger partial charge is 0.298 e. The van der Waals surface area contributed by atoms with Gasteiger partial charge in [0, 0.05) is 23.7 Å². The molecule has 0 N–H and O–H groups in total. The monoisotopic (exact) mass is 174 g/mol. The van der Waals surface area contributed by atoms with E-state index >= 15 is 0 Å². The van der Waals surface area contributed by atoms with Gasteiger partial charge in [-0.15, -0.1) is 0 Å². The minimum Gasteiger partial charge on any atom is -0.298 e. The summed E-state index contributed by atoms with van der Waals surface area (Å²) in [6.45, 7) is 1.94. The second-order valence-electron chi connectivity index (χ2n) is 3.31. The van der Waals surface area contributed by atoms with Gasteiger partial charge in [-0.25, -0.2) is 0 Å². The van der Waals surface area contributed by atoms with Gasteiger partial charge in [0.2, 0.25) is 0 Å². The molecule has 1 aromatic rings. The lowest BCUT2D eigenvalue weighted by molar-refractivity contribution is 0.353. The molecular weight excluding hydrogens is 164 g/mol. The second-order valence-corrected chi connectivity index (χ2v) is 3.31. The maximum atomic E-state index is 8.27. The lowest BCUT2D eigenvalue weighted by Crippen LogP contribution is -2.07. The molecule has 0 saturated carbocycles. The van der Waals surface area contributed by atoms with Gasteiger partial charge in [-0.1, -0.05) is 17.2 Å². The highest BCUT2D eigenvalue weighted by Crippen LogP contribution is 2.25. The molecule has 4 nitrogen and oxygen atoms in total. The van der Waals surface area contributed by atoms with Crippen molar-refractivity contribution >= 4 is 5.69 Å². The molecule has 0 fully saturated rings. The first-order valence-electron chi connectivity index (χ1n) is 4.15. The van der Waals surface area contributed by atoms with Crippen LogP contribution in [0.4, 0.5) is 5.69 Å². The number of fused-ring (bicyclic) bond motifs is 1. The predicted octanol–water partition coefficient (Wildman–Crippen LogP) is 2.57. The molecule has 0 spiro atoms. The first kappa shape index (κ1) is 8.10. The molecule has 0 bridgehead atoms. The Bertz CT molecular complexity index is 379. The minimum absolute atomic E-state index is 0.705. The second kappa shape index (κ2) is 3.09. The Hall–Kier alpha value is -1.51. The summed E-state index contributed by atoms with van der Waals surface area (Å²) in [5.41, 5.74) is 11.6. The summed E-state index contributed by atoms with van der Waals surface area (Å²) in [5, 5.41) is 3.57. The Morgan fingerprint density at radius 3 is 2.92 bits per heavy atom. The van der Waals surface area contributed by atoms with Gasteiger partial charge in [0.1, 0.15) is 0 Å². The standard InChI is InChI=1S/C9H10N4/c1-13-5-7-2-3-9(11-12-10)4-8(7)6-13/h2-4H,5-6H2,1H3. The van der Waals surface area contributed by atoms with Gasteiger partial charge >= 0.3 is 0 Å². The van der Waals surface area contributed by atoms with Crippen molar-refractivity contribution in [1.29, 1.82) is 0 Å². The van der Waals surface area contributed by atoms with Crippen LogP contribution in [-0.4, -0.2) is 11.9 Å². The highest BCUT2D eigenvalue weighted by Gasteiger charge is 2.14. The van der Waals surface area contributed by atoms with E-state index in [1.54, 1.807) is 0 Å². The Morgan fingerprint density at radius 1 is 1.38 bits per heavy atom. The summed E-state index contributed by atoms with van der Waals surface area (Å²) in [5.74, 6) is 0. The number of benzene rings is 1. The summed E-state index contributed by atoms with van der Waals surface area (Å²) < 4.78 is 0. The van der Waals surface area contributed by atoms with E-state index in [9.17, 15) is 0 Å². The molecule has 1 aliphatic rings. The molecule has 0 aromatic heterocycles. The van der Waals surface area contributed by atoms with E-state index in [0.29, 0.717) is 5.69 Å². The number of hydrogen-bond donors (Lipinski definition) is 0. The summed E-state index contributed by atoms with van der Waals surface area (Å²) in [6, 6.07) is 5.85. The lowest BCUT2D eigenvalue weighted by Gasteiger charge is -2.02. The van der Waals surface area contributed by atoms with E-state index in [1.807, 2.05) is 18.2 Å². The van der Waals surface area contributed by atoms with Crippen molar-refractivity contribution in [2.45, 2.75) is 13.1 Å². The zero-order valence-corrected chi connectivity index (χ0v) is 7.44. The van der Waals surface area contributed by atoms with Crippen molar-refractivity contribution in [2.75, 3.05) is 7.05 Å². The minimum atomic E-state index is 0.705. The van der Waals surface area contributed by atoms with Crippen molar-refractivity contribution in [3.05, 3.63) is 39.8 Å². The van der Waals surface area contributed by atoms with Gasteiger partial charge in [-0.3, -0.25) is 4.90 Å². The van der Waals surface area contributed by atoms with Crippen LogP contribution < -0.4 is 0 Å². The molecule has 2 rings (SSSR count). The summed E-state index contributed by atoms with van der Waals surface area (Å²) in [4.78, 5) is 4.99. The van der Waals surface area contributed by atoms with Crippen LogP contribution >= 0.6 is 0 Å². The van der Waals surface area contributed by atoms with E-state index in [2.05, 4.69) is 22.0 Å². The van der Waals surface area contributed by atoms with Crippen molar-refractivity contribution in [2.24, 2.45) is 5.11 Å². The molecule has 0 unspecified atom stereocenters. The van der Waals surface area contributed by atoms with Gasteiger partial charge in [0.05, 0.1) is 0 Å². The Balaban J connectivity index is 2.39. The molecule has 1 aliphatic heterocycles. The normalized spacial score (nSPS) is 15.2. The fourth-order valence-electron chi connectivity index (χ4n) is 1.67. The maximum Gasteiger partial charge on any atom is 0.0378 e. The number of nitrogens with zero attached hydrogens (tertiary/aromatic N) is 4. The van der Waals surface area contributed by atoms with E-state index in [-0.39, 0.29) is 0 Å². The Morgan fingerprint density at radius 2 is 2.15 bits per heavy atom. The van der Waals surface area contributed by atoms with Gasteiger partial charge in [-0.2, -0.15) is 0 Å². The molecule has 0 aliphatic carbocycles. The lowest BCUT2D eigenvalue weighted by atomic mass is 10.1. The van der Waals surface area contributed by atoms with Gasteiger partial charge < -0.3 is 0 Å². The Labute approximate surface area is 76.4 Å². The summed E-state index contributed by atoms with van der Waals surface area (Å²) in [7, 11) is 2.08. The predicted molar refractivity (Wildman–Crippen MR) is 50.4 cm³/mol. The molecule has 4 heteroatoms. The molecule has 0 atom stereocenters. The van der Waals surface area contributed by atoms with E-state index in [4.69, 9.17) is 5.53 Å². The third-order valence-electron chi connectivity index (χ3n) is 2.23. The van der Waals surface area contributed by atoms with E-state index in [0.717, 1.165) is 13.1 Å². The smallest absolute Gasteiger partial charge is 0.0378 e. The third-order valence-corrected chi connectivity index (χ3v) is 2.23. The maximum absolute atomic E-state index is 8.27. The highest BCUT2D eigenvalue weighted by atomic mass is 15.1. The van der Waals surface area contributed by atoms with Crippen molar-refractivity contribution in [1.82, 2.24) is 4.90 Å². The highest BCUT2D eigenvalue weighted by molar-refractivity contribution is 5.45. The van der Waals surface area contributed by atoms with Gasteiger partial charge in [0.15, 0.2) is 0 Å². The van der Waals surface area contributed by atoms with E-state index in [1.165, 1.54) is 11.1 Å². The molecule has 1 aromatic carbocycles. The van der Waals surface area contributed by atoms with Crippen molar-refractivity contribution in [3.8, 4) is 0 Å². The zero-order valence-electron chi connectivity index (χ0n) is 7.44. The van der Waals surface area contributed by atoms with Crippen LogP contribution in [0.2, 0.25) is 0 Å². The van der Waals surface area contributed by atoms with E-state index < -0.39 is 0 Å². The van der Waals surface area contributed by atoms with Crippen LogP contribution in [0.5, 0.6) is 0 Å². The first-order valence-corrected chi connectivity index (χ1v) is 4.15. The van der Waals surface area contributed by atoms with Crippen molar-refractivity contribution < 1.29 is 0 Å². The Kier molecular flexibility index (Phi) is 1.93. The average Bonchev–Trinajstić information content (AvgIpc) is 2.44. The molecule has 0 amide bonds. The van der Waals surface area contributed by atoms with Crippen LogP contribution in [0, 0.1) is 0 Å². The molecule has 1 heterocycles. The van der Waals surface area contributed by atoms with Crippen LogP contribution in [-0.2, 0) is 13.1 Å². The van der Waals surface area contributed by atoms with Crippen LogP contribution in [0.3, 0.4) is 0 Å². The van der Waals surface area contributed by atoms with Crippen LogP contribution in [0.25, 0.3) is 10.4 Å². The molecular formula is C9H10N4. The molecule has 0 radical (unpaired) electrons. The van der Waals surface area contributed by atoms with Crippen molar-refractivity contribution in [3.63, 3.8) is 0 Å². The molecule has 0 saturated heterocycles. The fourth-order valence-corrected chi connectivity index (χ4v) is 1.67. The summed E-state index contributed by atoms with van der Waals surface area (Å²) in [6.07, 6.45) is 0. The number of azide groups is 1. The average molecular weight is 174 g/mol. The number of rotatable bonds is 1. The third kappa shape index (κ3) is 1.49. The SMILES string of the molecule is CN1Cc2ccc(N=[N+]=[N-])cc2C1. The molecule has 13 heavy (non-hydrogen) atoms. The fraction of sp³-hybridized carbons (Fsp3) is 0.333. The zero-order chi connectivity index (χ0) is 9.26. The topological polar surface area (TPSA) is 52.0 Å². The van der Waals surface area contributed by atoms with Crippen LogP contribution in [0.1, 0.15) is 11.1 Å². The number of hydrogen-bond acceptors (Lipinski definition) is 2. The quantitative estimate of drug-likeness (QED) is 0.366. The summed E-state index contributed by atoms with van der Waals surface area (Å²) >= 11 is 0. The van der Waals surface area contributed by atoms with Gasteiger partial charge in [0.25, 0.3) is 0 Å². The molecule has 66 valence electrons. The van der Waals surface area contributed by atoms with Gasteiger partial charge in [-0.05, 0) is 29.8 Å². The first-order chi connectivity index (χ1) is 6.29. The van der Waals surface area contributed by atoms with Crippen LogP contribution in [0.15, 0.2) is 23.3 Å².